The number of benzene rings is 1. The van der Waals surface area contributed by atoms with Gasteiger partial charge in [0.2, 0.25) is 0 Å². The summed E-state index contributed by atoms with van der Waals surface area (Å²) in [5.74, 6) is 1.76. The SMILES string of the molecule is Cc1c([C@H](C)[C@@H]2NC[C@H](C)C[C@@H]2O)ccc2c1C[C@@H]1[C@H]2CC=C2C[C@@H](O[C@H]3O[C@@H](CO)[C@H](O)[C@@H](O)[C@@H]3O)CC[C@]21C. The maximum absolute atomic E-state index is 10.8. The quantitative estimate of drug-likeness (QED) is 0.297. The van der Waals surface area contributed by atoms with Crippen molar-refractivity contribution in [3.05, 3.63) is 46.0 Å². The smallest absolute Gasteiger partial charge is 0.186 e. The van der Waals surface area contributed by atoms with Crippen LogP contribution in [-0.4, -0.2) is 87.6 Å². The van der Waals surface area contributed by atoms with Crippen LogP contribution >= 0.6 is 0 Å². The lowest BCUT2D eigenvalue weighted by Gasteiger charge is -2.50. The van der Waals surface area contributed by atoms with Crippen LogP contribution < -0.4 is 5.32 Å². The predicted molar refractivity (Wildman–Crippen MR) is 154 cm³/mol. The molecule has 6 rings (SSSR count). The Labute approximate surface area is 243 Å². The second-order valence-electron chi connectivity index (χ2n) is 14.0. The van der Waals surface area contributed by atoms with Gasteiger partial charge in [-0.25, -0.2) is 0 Å². The Bertz CT molecular complexity index is 1150. The van der Waals surface area contributed by atoms with Crippen LogP contribution in [0.1, 0.15) is 87.0 Å². The Hall–Kier alpha value is -1.36. The van der Waals surface area contributed by atoms with Gasteiger partial charge in [-0.1, -0.05) is 44.6 Å². The van der Waals surface area contributed by atoms with Crippen molar-refractivity contribution in [2.24, 2.45) is 17.3 Å². The number of rotatable bonds is 5. The summed E-state index contributed by atoms with van der Waals surface area (Å²) in [6.45, 7) is 9.63. The minimum Gasteiger partial charge on any atom is -0.394 e. The number of aliphatic hydroxyl groups is 5. The van der Waals surface area contributed by atoms with E-state index < -0.39 is 37.3 Å². The summed E-state index contributed by atoms with van der Waals surface area (Å²) in [5, 5.41) is 54.8. The van der Waals surface area contributed by atoms with Crippen molar-refractivity contribution >= 4 is 0 Å². The summed E-state index contributed by atoms with van der Waals surface area (Å²) >= 11 is 0. The number of allylic oxidation sites excluding steroid dienone is 1. The Morgan fingerprint density at radius 1 is 1.12 bits per heavy atom. The van der Waals surface area contributed by atoms with Crippen LogP contribution in [0.3, 0.4) is 0 Å². The zero-order chi connectivity index (χ0) is 29.2. The topological polar surface area (TPSA) is 132 Å². The first-order chi connectivity index (χ1) is 19.5. The minimum atomic E-state index is -1.43. The van der Waals surface area contributed by atoms with Gasteiger partial charge < -0.3 is 40.3 Å². The third kappa shape index (κ3) is 5.02. The standard InChI is InChI=1S/C33H49NO7/c1-16-11-26(36)28(34-14-16)18(3)21-7-8-22-23-6-5-19-12-20(9-10-33(19,4)25(23)13-24(22)17(21)2)40-32-31(39)30(38)29(37)27(15-35)41-32/h5,7-8,16,18,20,23,25-32,34-39H,6,9-15H2,1-4H3/t16-,18+,20+,23+,25-,26+,27+,28+,29+,30-,31+,32+,33-/m1/s1. The van der Waals surface area contributed by atoms with Crippen molar-refractivity contribution in [2.45, 2.75) is 127 Å². The van der Waals surface area contributed by atoms with Gasteiger partial charge in [0.05, 0.1) is 18.8 Å². The van der Waals surface area contributed by atoms with Crippen molar-refractivity contribution in [1.82, 2.24) is 5.32 Å². The molecule has 5 aliphatic rings. The first-order valence-corrected chi connectivity index (χ1v) is 15.7. The third-order valence-corrected chi connectivity index (χ3v) is 11.6. The first-order valence-electron chi connectivity index (χ1n) is 15.7. The fourth-order valence-electron chi connectivity index (χ4n) is 8.96. The monoisotopic (exact) mass is 571 g/mol. The molecule has 8 heteroatoms. The highest BCUT2D eigenvalue weighted by molar-refractivity contribution is 5.50. The van der Waals surface area contributed by atoms with Crippen LogP contribution in [0.4, 0.5) is 0 Å². The Morgan fingerprint density at radius 3 is 2.63 bits per heavy atom. The molecule has 2 aliphatic heterocycles. The highest BCUT2D eigenvalue weighted by Gasteiger charge is 2.52. The fraction of sp³-hybridized carbons (Fsp3) is 0.758. The number of ether oxygens (including phenoxy) is 2. The maximum Gasteiger partial charge on any atom is 0.186 e. The molecule has 41 heavy (non-hydrogen) atoms. The minimum absolute atomic E-state index is 0.0622. The second kappa shape index (κ2) is 11.3. The largest absolute Gasteiger partial charge is 0.394 e. The highest BCUT2D eigenvalue weighted by atomic mass is 16.7. The normalized spacial score (nSPS) is 44.9. The van der Waals surface area contributed by atoms with Crippen molar-refractivity contribution in [3.8, 4) is 0 Å². The molecule has 1 aromatic rings. The summed E-state index contributed by atoms with van der Waals surface area (Å²) in [6.07, 6.45) is 1.14. The lowest BCUT2D eigenvalue weighted by atomic mass is 9.57. The van der Waals surface area contributed by atoms with E-state index in [0.29, 0.717) is 17.8 Å². The van der Waals surface area contributed by atoms with Crippen LogP contribution in [-0.2, 0) is 15.9 Å². The molecule has 1 saturated carbocycles. The van der Waals surface area contributed by atoms with Crippen molar-refractivity contribution in [3.63, 3.8) is 0 Å². The predicted octanol–water partition coefficient (Wildman–Crippen LogP) is 2.42. The van der Waals surface area contributed by atoms with E-state index in [1.807, 2.05) is 0 Å². The molecule has 13 atom stereocenters. The lowest BCUT2D eigenvalue weighted by molar-refractivity contribution is -0.312. The van der Waals surface area contributed by atoms with Crippen LogP contribution in [0.5, 0.6) is 0 Å². The van der Waals surface area contributed by atoms with E-state index in [2.05, 4.69) is 51.2 Å². The number of hydrogen-bond acceptors (Lipinski definition) is 8. The van der Waals surface area contributed by atoms with Crippen LogP contribution in [0.15, 0.2) is 23.8 Å². The second-order valence-corrected chi connectivity index (χ2v) is 14.0. The van der Waals surface area contributed by atoms with Gasteiger partial charge in [-0.05, 0) is 103 Å². The van der Waals surface area contributed by atoms with Gasteiger partial charge in [0.25, 0.3) is 0 Å². The number of aliphatic hydroxyl groups excluding tert-OH is 5. The van der Waals surface area contributed by atoms with Gasteiger partial charge in [0, 0.05) is 6.04 Å². The molecule has 228 valence electrons. The zero-order valence-corrected chi connectivity index (χ0v) is 24.9. The summed E-state index contributed by atoms with van der Waals surface area (Å²) < 4.78 is 11.8. The summed E-state index contributed by atoms with van der Waals surface area (Å²) in [5.41, 5.74) is 7.20. The van der Waals surface area contributed by atoms with Crippen LogP contribution in [0.2, 0.25) is 0 Å². The van der Waals surface area contributed by atoms with Crippen LogP contribution in [0.25, 0.3) is 0 Å². The van der Waals surface area contributed by atoms with E-state index in [1.54, 1.807) is 0 Å². The lowest BCUT2D eigenvalue weighted by Crippen LogP contribution is -2.59. The van der Waals surface area contributed by atoms with Crippen LogP contribution in [0, 0.1) is 24.2 Å². The molecule has 0 unspecified atom stereocenters. The Kier molecular flexibility index (Phi) is 8.18. The van der Waals surface area contributed by atoms with E-state index >= 15 is 0 Å². The molecule has 0 spiro atoms. The summed E-state index contributed by atoms with van der Waals surface area (Å²) in [7, 11) is 0. The van der Waals surface area contributed by atoms with E-state index in [4.69, 9.17) is 9.47 Å². The molecule has 0 amide bonds. The molecule has 3 aliphatic carbocycles. The summed E-state index contributed by atoms with van der Waals surface area (Å²) in [6, 6.07) is 4.77. The zero-order valence-electron chi connectivity index (χ0n) is 24.9. The van der Waals surface area contributed by atoms with Crippen molar-refractivity contribution < 1.29 is 35.0 Å². The third-order valence-electron chi connectivity index (χ3n) is 11.6. The fourth-order valence-corrected chi connectivity index (χ4v) is 8.96. The molecule has 3 fully saturated rings. The molecule has 8 nitrogen and oxygen atoms in total. The Morgan fingerprint density at radius 2 is 1.90 bits per heavy atom. The summed E-state index contributed by atoms with van der Waals surface area (Å²) in [4.78, 5) is 0. The number of nitrogens with one attached hydrogen (secondary N) is 1. The van der Waals surface area contributed by atoms with Gasteiger partial charge in [-0.15, -0.1) is 0 Å². The molecule has 0 aromatic heterocycles. The average Bonchev–Trinajstić information content (AvgIpc) is 3.34. The van der Waals surface area contributed by atoms with Crippen molar-refractivity contribution in [2.75, 3.05) is 13.2 Å². The number of hydrogen-bond donors (Lipinski definition) is 6. The van der Waals surface area contributed by atoms with Gasteiger partial charge in [0.1, 0.15) is 24.4 Å². The first kappa shape index (κ1) is 29.7. The van der Waals surface area contributed by atoms with E-state index in [0.717, 1.165) is 45.1 Å². The van der Waals surface area contributed by atoms with Gasteiger partial charge >= 0.3 is 0 Å². The average molecular weight is 572 g/mol. The van der Waals surface area contributed by atoms with Gasteiger partial charge in [-0.2, -0.15) is 0 Å². The molecule has 6 N–H and O–H groups in total. The molecule has 1 aromatic carbocycles. The highest BCUT2D eigenvalue weighted by Crippen LogP contribution is 2.60. The molecule has 0 radical (unpaired) electrons. The van der Waals surface area contributed by atoms with Gasteiger partial charge in [0.15, 0.2) is 6.29 Å². The molecule has 2 saturated heterocycles. The maximum atomic E-state index is 10.8. The van der Waals surface area contributed by atoms with E-state index in [1.165, 1.54) is 27.8 Å². The Balaban J connectivity index is 1.16. The van der Waals surface area contributed by atoms with E-state index in [-0.39, 0.29) is 29.6 Å². The molecular weight excluding hydrogens is 522 g/mol. The number of piperidine rings is 1. The van der Waals surface area contributed by atoms with Crippen molar-refractivity contribution in [1.29, 1.82) is 0 Å². The van der Waals surface area contributed by atoms with Gasteiger partial charge in [-0.3, -0.25) is 0 Å². The number of fused-ring (bicyclic) bond motifs is 5. The molecule has 2 heterocycles. The van der Waals surface area contributed by atoms with E-state index in [9.17, 15) is 25.5 Å². The molecular formula is C33H49NO7. The molecule has 0 bridgehead atoms.